The van der Waals surface area contributed by atoms with E-state index < -0.39 is 24.1 Å². The van der Waals surface area contributed by atoms with Crippen LogP contribution in [0.1, 0.15) is 6.42 Å². The summed E-state index contributed by atoms with van der Waals surface area (Å²) in [5.41, 5.74) is 0. The zero-order valence-corrected chi connectivity index (χ0v) is 12.4. The van der Waals surface area contributed by atoms with E-state index in [0.29, 0.717) is 0 Å². The highest BCUT2D eigenvalue weighted by Gasteiger charge is 2.35. The van der Waals surface area contributed by atoms with Crippen LogP contribution in [-0.4, -0.2) is 64.1 Å². The van der Waals surface area contributed by atoms with Crippen molar-refractivity contribution in [3.8, 4) is 5.75 Å². The first-order chi connectivity index (χ1) is 10.4. The van der Waals surface area contributed by atoms with E-state index in [9.17, 15) is 24.5 Å². The lowest BCUT2D eigenvalue weighted by Crippen LogP contribution is -2.56. The summed E-state index contributed by atoms with van der Waals surface area (Å²) < 4.78 is 18.2. The maximum atomic E-state index is 12.9. The molecule has 3 atom stereocenters. The van der Waals surface area contributed by atoms with Crippen molar-refractivity contribution < 1.29 is 29.2 Å². The monoisotopic (exact) mass is 333 g/mol. The summed E-state index contributed by atoms with van der Waals surface area (Å²) in [5.74, 6) is -0.545. The van der Waals surface area contributed by atoms with Gasteiger partial charge in [-0.1, -0.05) is 11.6 Å². The number of rotatable bonds is 4. The van der Waals surface area contributed by atoms with Crippen LogP contribution < -0.4 is 4.74 Å². The molecule has 0 saturated carbocycles. The Labute approximate surface area is 131 Å². The number of halogens is 2. The summed E-state index contributed by atoms with van der Waals surface area (Å²) in [6.45, 7) is -0.0713. The van der Waals surface area contributed by atoms with Crippen molar-refractivity contribution in [1.29, 1.82) is 0 Å². The van der Waals surface area contributed by atoms with Gasteiger partial charge in [-0.2, -0.15) is 0 Å². The maximum absolute atomic E-state index is 12.9. The number of piperidine rings is 1. The van der Waals surface area contributed by atoms with Gasteiger partial charge in [0.25, 0.3) is 0 Å². The van der Waals surface area contributed by atoms with Gasteiger partial charge in [-0.25, -0.2) is 4.39 Å². The van der Waals surface area contributed by atoms with E-state index in [-0.39, 0.29) is 42.8 Å². The van der Waals surface area contributed by atoms with Gasteiger partial charge in [0.2, 0.25) is 5.91 Å². The highest BCUT2D eigenvalue weighted by molar-refractivity contribution is 6.32. The van der Waals surface area contributed by atoms with Gasteiger partial charge in [-0.3, -0.25) is 4.79 Å². The predicted octanol–water partition coefficient (Wildman–Crippen LogP) is 0.173. The zero-order valence-electron chi connectivity index (χ0n) is 11.7. The Balaban J connectivity index is 1.83. The van der Waals surface area contributed by atoms with Gasteiger partial charge in [-0.15, -0.1) is 0 Å². The Hall–Kier alpha value is -1.41. The molecule has 0 bridgehead atoms. The van der Waals surface area contributed by atoms with Gasteiger partial charge in [-0.05, 0) is 18.2 Å². The summed E-state index contributed by atoms with van der Waals surface area (Å²) in [5, 5.41) is 28.6. The summed E-state index contributed by atoms with van der Waals surface area (Å²) >= 11 is 5.79. The molecule has 1 aromatic carbocycles. The fourth-order valence-corrected chi connectivity index (χ4v) is 2.42. The van der Waals surface area contributed by atoms with Crippen molar-refractivity contribution in [3.63, 3.8) is 0 Å². The number of carbonyl (C=O) groups excluding carboxylic acids is 1. The molecule has 6 nitrogen and oxygen atoms in total. The molecule has 1 heterocycles. The predicted molar refractivity (Wildman–Crippen MR) is 76.1 cm³/mol. The van der Waals surface area contributed by atoms with Crippen LogP contribution in [0.2, 0.25) is 5.02 Å². The maximum Gasteiger partial charge on any atom is 0.226 e. The van der Waals surface area contributed by atoms with Crippen molar-refractivity contribution in [2.24, 2.45) is 0 Å². The van der Waals surface area contributed by atoms with E-state index in [4.69, 9.17) is 16.3 Å². The minimum atomic E-state index is -1.25. The van der Waals surface area contributed by atoms with Gasteiger partial charge in [0, 0.05) is 13.1 Å². The lowest BCUT2D eigenvalue weighted by atomic mass is 10.0. The number of ether oxygens (including phenoxy) is 1. The minimum absolute atomic E-state index is 0.00321. The summed E-state index contributed by atoms with van der Waals surface area (Å²) in [4.78, 5) is 13.2. The number of carbonyl (C=O) groups is 1. The van der Waals surface area contributed by atoms with Crippen LogP contribution in [0.3, 0.4) is 0 Å². The third kappa shape index (κ3) is 4.07. The molecular formula is C14H17ClFNO5. The molecule has 1 aromatic rings. The highest BCUT2D eigenvalue weighted by Crippen LogP contribution is 2.25. The third-order valence-corrected chi connectivity index (χ3v) is 3.72. The molecule has 122 valence electrons. The second-order valence-electron chi connectivity index (χ2n) is 5.10. The number of likely N-dealkylation sites (tertiary alicyclic amines) is 1. The number of hydrogen-bond acceptors (Lipinski definition) is 5. The average Bonchev–Trinajstić information content (AvgIpc) is 2.46. The molecule has 2 rings (SSSR count). The molecule has 8 heteroatoms. The number of nitrogens with zero attached hydrogens (tertiary/aromatic N) is 1. The molecule has 1 amide bonds. The number of amides is 1. The van der Waals surface area contributed by atoms with Crippen molar-refractivity contribution in [2.45, 2.75) is 24.7 Å². The van der Waals surface area contributed by atoms with Crippen molar-refractivity contribution in [3.05, 3.63) is 29.0 Å². The quantitative estimate of drug-likeness (QED) is 0.731. The molecule has 0 aromatic heterocycles. The number of benzene rings is 1. The molecule has 1 saturated heterocycles. The fourth-order valence-electron chi connectivity index (χ4n) is 2.20. The lowest BCUT2D eigenvalue weighted by molar-refractivity contribution is -0.149. The fraction of sp³-hybridized carbons (Fsp3) is 0.500. The SMILES string of the molecule is O=C(CCOc1ccc(F)cc1Cl)N1C[C@@H](O)C(O)[C@@H](O)C1. The standard InChI is InChI=1S/C14H17ClFNO5/c15-9-5-8(16)1-2-12(9)22-4-3-13(20)17-6-10(18)14(21)11(19)7-17/h1-2,5,10-11,14,18-19,21H,3-4,6-7H2/t10-,11+,14?. The van der Waals surface area contributed by atoms with Gasteiger partial charge < -0.3 is 25.0 Å². The Morgan fingerprint density at radius 2 is 1.95 bits per heavy atom. The average molecular weight is 334 g/mol. The molecular weight excluding hydrogens is 317 g/mol. The van der Waals surface area contributed by atoms with Crippen molar-refractivity contribution in [2.75, 3.05) is 19.7 Å². The van der Waals surface area contributed by atoms with Crippen LogP contribution in [0.15, 0.2) is 18.2 Å². The van der Waals surface area contributed by atoms with Crippen LogP contribution in [0, 0.1) is 5.82 Å². The van der Waals surface area contributed by atoms with Crippen LogP contribution in [-0.2, 0) is 4.79 Å². The van der Waals surface area contributed by atoms with Gasteiger partial charge in [0.05, 0.1) is 18.1 Å². The number of β-amino-alcohol motifs (C(OH)–C–C–N with tert-alkyl or cyclic N) is 2. The third-order valence-electron chi connectivity index (χ3n) is 3.42. The van der Waals surface area contributed by atoms with E-state index in [1.54, 1.807) is 0 Å². The van der Waals surface area contributed by atoms with Crippen LogP contribution in [0.4, 0.5) is 4.39 Å². The molecule has 0 radical (unpaired) electrons. The number of aliphatic hydroxyl groups is 3. The Kier molecular flexibility index (Phi) is 5.57. The van der Waals surface area contributed by atoms with Crippen LogP contribution in [0.5, 0.6) is 5.75 Å². The van der Waals surface area contributed by atoms with Crippen molar-refractivity contribution in [1.82, 2.24) is 4.90 Å². The first-order valence-electron chi connectivity index (χ1n) is 6.78. The topological polar surface area (TPSA) is 90.2 Å². The molecule has 1 unspecified atom stereocenters. The summed E-state index contributed by atoms with van der Waals surface area (Å²) in [6.07, 6.45) is -3.61. The van der Waals surface area contributed by atoms with E-state index in [1.165, 1.54) is 17.0 Å². The summed E-state index contributed by atoms with van der Waals surface area (Å²) in [7, 11) is 0. The zero-order chi connectivity index (χ0) is 16.3. The molecule has 1 fully saturated rings. The Morgan fingerprint density at radius 3 is 2.55 bits per heavy atom. The smallest absolute Gasteiger partial charge is 0.226 e. The molecule has 0 aliphatic carbocycles. The second-order valence-corrected chi connectivity index (χ2v) is 5.50. The highest BCUT2D eigenvalue weighted by atomic mass is 35.5. The molecule has 3 N–H and O–H groups in total. The normalized spacial score (nSPS) is 25.1. The Morgan fingerprint density at radius 1 is 1.32 bits per heavy atom. The van der Waals surface area contributed by atoms with Gasteiger partial charge in [0.15, 0.2) is 0 Å². The minimum Gasteiger partial charge on any atom is -0.491 e. The molecule has 1 aliphatic heterocycles. The van der Waals surface area contributed by atoms with E-state index in [2.05, 4.69) is 0 Å². The van der Waals surface area contributed by atoms with Crippen molar-refractivity contribution >= 4 is 17.5 Å². The second kappa shape index (κ2) is 7.23. The van der Waals surface area contributed by atoms with E-state index >= 15 is 0 Å². The Bertz CT molecular complexity index is 532. The molecule has 22 heavy (non-hydrogen) atoms. The first-order valence-corrected chi connectivity index (χ1v) is 7.16. The number of aliphatic hydroxyl groups excluding tert-OH is 3. The van der Waals surface area contributed by atoms with E-state index in [1.807, 2.05) is 0 Å². The van der Waals surface area contributed by atoms with Gasteiger partial charge in [0.1, 0.15) is 29.9 Å². The van der Waals surface area contributed by atoms with Crippen LogP contribution >= 0.6 is 11.6 Å². The lowest BCUT2D eigenvalue weighted by Gasteiger charge is -2.36. The molecule has 0 spiro atoms. The summed E-state index contributed by atoms with van der Waals surface area (Å²) in [6, 6.07) is 3.67. The van der Waals surface area contributed by atoms with Gasteiger partial charge >= 0.3 is 0 Å². The first kappa shape index (κ1) is 17.0. The number of hydrogen-bond donors (Lipinski definition) is 3. The van der Waals surface area contributed by atoms with Crippen LogP contribution in [0.25, 0.3) is 0 Å². The van der Waals surface area contributed by atoms with E-state index in [0.717, 1.165) is 6.07 Å². The largest absolute Gasteiger partial charge is 0.491 e. The molecule has 1 aliphatic rings.